The summed E-state index contributed by atoms with van der Waals surface area (Å²) in [6.07, 6.45) is -9.56. The van der Waals surface area contributed by atoms with Crippen LogP contribution < -0.4 is 0 Å². The van der Waals surface area contributed by atoms with Gasteiger partial charge in [0.15, 0.2) is 6.29 Å². The Morgan fingerprint density at radius 2 is 0.981 bits per heavy atom. The van der Waals surface area contributed by atoms with Crippen molar-refractivity contribution in [3.63, 3.8) is 0 Å². The summed E-state index contributed by atoms with van der Waals surface area (Å²) in [7, 11) is 0. The molecular formula is C40H44N6O8. The zero-order valence-electron chi connectivity index (χ0n) is 29.6. The predicted molar refractivity (Wildman–Crippen MR) is 197 cm³/mol. The third kappa shape index (κ3) is 10.4. The van der Waals surface area contributed by atoms with Crippen molar-refractivity contribution in [1.29, 1.82) is 0 Å². The van der Waals surface area contributed by atoms with Crippen molar-refractivity contribution >= 4 is 0 Å². The molecule has 0 amide bonds. The lowest BCUT2D eigenvalue weighted by molar-refractivity contribution is -0.318. The van der Waals surface area contributed by atoms with Crippen LogP contribution in [0.1, 0.15) is 28.7 Å². The van der Waals surface area contributed by atoms with Gasteiger partial charge in [-0.05, 0) is 33.3 Å². The summed E-state index contributed by atoms with van der Waals surface area (Å²) in [4.78, 5) is 6.10. The maximum atomic E-state index is 11.5. The largest absolute Gasteiger partial charge is 0.390 e. The molecule has 0 radical (unpaired) electrons. The summed E-state index contributed by atoms with van der Waals surface area (Å²) in [5.41, 5.74) is 22.7. The quantitative estimate of drug-likeness (QED) is 0.0692. The minimum Gasteiger partial charge on any atom is -0.390 e. The Kier molecular flexibility index (Phi) is 14.4. The van der Waals surface area contributed by atoms with Gasteiger partial charge in [0.05, 0.1) is 51.3 Å². The minimum absolute atomic E-state index is 0.0902. The van der Waals surface area contributed by atoms with Gasteiger partial charge in [-0.2, -0.15) is 0 Å². The molecule has 14 heteroatoms. The Labute approximate surface area is 313 Å². The van der Waals surface area contributed by atoms with Crippen LogP contribution in [0.5, 0.6) is 0 Å². The average Bonchev–Trinajstić information content (AvgIpc) is 3.21. The van der Waals surface area contributed by atoms with E-state index in [4.69, 9.17) is 28.4 Å². The molecule has 2 aliphatic rings. The second-order valence-electron chi connectivity index (χ2n) is 13.2. The summed E-state index contributed by atoms with van der Waals surface area (Å²) in [6.45, 7) is 0.426. The fraction of sp³-hybridized carbons (Fsp3) is 0.400. The molecule has 0 aromatic heterocycles. The van der Waals surface area contributed by atoms with Gasteiger partial charge in [-0.3, -0.25) is 0 Å². The van der Waals surface area contributed by atoms with Gasteiger partial charge in [-0.1, -0.05) is 132 Å². The Hall–Kier alpha value is -4.82. The van der Waals surface area contributed by atoms with Crippen LogP contribution in [0.15, 0.2) is 132 Å². The molecule has 1 heterocycles. The lowest BCUT2D eigenvalue weighted by Crippen LogP contribution is -2.64. The van der Waals surface area contributed by atoms with E-state index in [1.165, 1.54) is 0 Å². The van der Waals surface area contributed by atoms with Crippen molar-refractivity contribution in [3.8, 4) is 0 Å². The molecule has 2 N–H and O–H groups in total. The first-order valence-electron chi connectivity index (χ1n) is 17.9. The average molecular weight is 737 g/mol. The summed E-state index contributed by atoms with van der Waals surface area (Å²) >= 11 is 0. The molecule has 0 bridgehead atoms. The van der Waals surface area contributed by atoms with E-state index in [-0.39, 0.29) is 39.4 Å². The van der Waals surface area contributed by atoms with E-state index in [0.29, 0.717) is 0 Å². The molecule has 282 valence electrons. The molecule has 1 aliphatic heterocycles. The van der Waals surface area contributed by atoms with E-state index in [9.17, 15) is 21.3 Å². The molecule has 14 nitrogen and oxygen atoms in total. The fourth-order valence-electron chi connectivity index (χ4n) is 6.77. The topological polar surface area (TPSA) is 193 Å². The van der Waals surface area contributed by atoms with Crippen LogP contribution >= 0.6 is 0 Å². The van der Waals surface area contributed by atoms with Crippen LogP contribution in [0, 0.1) is 0 Å². The Bertz CT molecular complexity index is 1800. The summed E-state index contributed by atoms with van der Waals surface area (Å²) in [5.74, 6) is 0. The minimum atomic E-state index is -1.33. The van der Waals surface area contributed by atoms with Crippen LogP contribution in [-0.4, -0.2) is 77.9 Å². The van der Waals surface area contributed by atoms with Crippen LogP contribution in [-0.2, 0) is 54.8 Å². The maximum Gasteiger partial charge on any atom is 0.169 e. The molecule has 6 rings (SSSR count). The number of ether oxygens (including phenoxy) is 6. The van der Waals surface area contributed by atoms with Gasteiger partial charge in [-0.15, -0.1) is 0 Å². The Morgan fingerprint density at radius 1 is 0.556 bits per heavy atom. The van der Waals surface area contributed by atoms with Crippen molar-refractivity contribution in [3.05, 3.63) is 164 Å². The van der Waals surface area contributed by atoms with E-state index < -0.39 is 61.2 Å². The summed E-state index contributed by atoms with van der Waals surface area (Å²) in [6, 6.07) is 36.8. The molecule has 10 atom stereocenters. The number of nitrogens with zero attached hydrogens (tertiary/aromatic N) is 6. The van der Waals surface area contributed by atoms with Crippen LogP contribution in [0.25, 0.3) is 20.9 Å². The van der Waals surface area contributed by atoms with E-state index in [1.807, 2.05) is 121 Å². The van der Waals surface area contributed by atoms with Crippen LogP contribution in [0.2, 0.25) is 0 Å². The van der Waals surface area contributed by atoms with Gasteiger partial charge in [0.25, 0.3) is 0 Å². The summed E-state index contributed by atoms with van der Waals surface area (Å²) < 4.78 is 38.8. The molecule has 4 aromatic carbocycles. The normalized spacial score (nSPS) is 28.0. The van der Waals surface area contributed by atoms with Gasteiger partial charge >= 0.3 is 0 Å². The van der Waals surface area contributed by atoms with Gasteiger partial charge in [0.1, 0.15) is 36.6 Å². The molecular weight excluding hydrogens is 692 g/mol. The lowest BCUT2D eigenvalue weighted by atomic mass is 9.86. The predicted octanol–water partition coefficient (Wildman–Crippen LogP) is 6.55. The zero-order valence-corrected chi connectivity index (χ0v) is 29.6. The van der Waals surface area contributed by atoms with E-state index in [1.54, 1.807) is 0 Å². The Morgan fingerprint density at radius 3 is 1.44 bits per heavy atom. The fourth-order valence-corrected chi connectivity index (χ4v) is 6.77. The van der Waals surface area contributed by atoms with Crippen molar-refractivity contribution in [2.75, 3.05) is 6.54 Å². The van der Waals surface area contributed by atoms with E-state index >= 15 is 0 Å². The molecule has 0 unspecified atom stereocenters. The highest BCUT2D eigenvalue weighted by Crippen LogP contribution is 2.36. The molecule has 54 heavy (non-hydrogen) atoms. The number of hydrogen-bond donors (Lipinski definition) is 2. The number of hydrogen-bond acceptors (Lipinski definition) is 10. The molecule has 4 aromatic rings. The molecule has 1 saturated carbocycles. The van der Waals surface area contributed by atoms with Gasteiger partial charge in [-0.25, -0.2) is 0 Å². The molecule has 1 aliphatic carbocycles. The van der Waals surface area contributed by atoms with Gasteiger partial charge in [0, 0.05) is 16.2 Å². The Balaban J connectivity index is 1.32. The number of azide groups is 2. The first kappa shape index (κ1) is 38.9. The molecule has 1 saturated heterocycles. The maximum absolute atomic E-state index is 11.5. The number of aliphatic hydroxyl groups excluding tert-OH is 2. The van der Waals surface area contributed by atoms with Crippen LogP contribution in [0.3, 0.4) is 0 Å². The highest BCUT2D eigenvalue weighted by Gasteiger charge is 2.52. The van der Waals surface area contributed by atoms with E-state index in [2.05, 4.69) is 20.1 Å². The SMILES string of the molecule is [N-]=[N+]=NC[C@H]1O[C@H](O[C@H]2[C@H](OCc3ccccc3)[C@@H](OCc3ccccc3)[C@@H](O)C[C@@H]2O)[C@H](N=[N+]=[N-])[C@@H](OCc2ccccc2)[C@@H]1OCc1ccccc1. The first-order chi connectivity index (χ1) is 26.5. The standard InChI is InChI=1S/C40H44N6O8/c41-45-43-22-33-37(50-24-28-15-7-2-8-16-28)38(51-25-29-17-9-3-10-18-29)34(44-46-42)40(53-33)54-36-32(48)21-31(47)35(49-23-27-13-5-1-6-14-27)39(36)52-26-30-19-11-4-12-20-30/h1-20,31-40,47-48H,21-26H2/t31-,32-,33+,34+,35-,36+,37+,38+,39+,40+/m0/s1. The van der Waals surface area contributed by atoms with Crippen molar-refractivity contribution < 1.29 is 38.6 Å². The lowest BCUT2D eigenvalue weighted by Gasteiger charge is -2.48. The second-order valence-corrected chi connectivity index (χ2v) is 13.2. The summed E-state index contributed by atoms with van der Waals surface area (Å²) in [5, 5.41) is 30.8. The number of benzene rings is 4. The number of rotatable bonds is 17. The van der Waals surface area contributed by atoms with Crippen molar-refractivity contribution in [2.24, 2.45) is 10.2 Å². The van der Waals surface area contributed by atoms with Crippen molar-refractivity contribution in [2.45, 2.75) is 94.0 Å². The van der Waals surface area contributed by atoms with Gasteiger partial charge in [0.2, 0.25) is 0 Å². The molecule has 2 fully saturated rings. The zero-order chi connectivity index (χ0) is 37.5. The van der Waals surface area contributed by atoms with Crippen LogP contribution in [0.4, 0.5) is 0 Å². The smallest absolute Gasteiger partial charge is 0.169 e. The van der Waals surface area contributed by atoms with Gasteiger partial charge < -0.3 is 38.6 Å². The second kappa shape index (κ2) is 20.0. The monoisotopic (exact) mass is 736 g/mol. The third-order valence-electron chi connectivity index (χ3n) is 9.45. The third-order valence-corrected chi connectivity index (χ3v) is 9.45. The highest BCUT2D eigenvalue weighted by atomic mass is 16.7. The molecule has 0 spiro atoms. The number of aliphatic hydroxyl groups is 2. The first-order valence-corrected chi connectivity index (χ1v) is 17.9. The van der Waals surface area contributed by atoms with E-state index in [0.717, 1.165) is 22.3 Å². The van der Waals surface area contributed by atoms with Crippen molar-refractivity contribution in [1.82, 2.24) is 0 Å². The highest BCUT2D eigenvalue weighted by molar-refractivity contribution is 5.17.